The van der Waals surface area contributed by atoms with Crippen molar-refractivity contribution in [2.75, 3.05) is 19.8 Å². The second-order valence-corrected chi connectivity index (χ2v) is 7.52. The van der Waals surface area contributed by atoms with Gasteiger partial charge in [0.2, 0.25) is 0 Å². The van der Waals surface area contributed by atoms with Crippen molar-refractivity contribution in [3.8, 4) is 0 Å². The van der Waals surface area contributed by atoms with Gasteiger partial charge in [-0.1, -0.05) is 12.8 Å². The average molecular weight is 343 g/mol. The molecule has 3 heterocycles. The van der Waals surface area contributed by atoms with Crippen LogP contribution < -0.4 is 0 Å². The first-order valence-corrected chi connectivity index (χ1v) is 9.70. The van der Waals surface area contributed by atoms with Crippen LogP contribution in [0.4, 0.5) is 0 Å². The first kappa shape index (κ1) is 16.9. The van der Waals surface area contributed by atoms with E-state index in [9.17, 15) is 0 Å². The molecule has 5 heteroatoms. The Kier molecular flexibility index (Phi) is 5.22. The van der Waals surface area contributed by atoms with Crippen molar-refractivity contribution in [2.45, 2.75) is 58.2 Å². The van der Waals surface area contributed by atoms with Crippen LogP contribution in [-0.4, -0.2) is 34.4 Å². The molecule has 0 amide bonds. The number of rotatable bonds is 7. The van der Waals surface area contributed by atoms with Gasteiger partial charge >= 0.3 is 0 Å². The van der Waals surface area contributed by atoms with Gasteiger partial charge in [-0.05, 0) is 37.8 Å². The van der Waals surface area contributed by atoms with Gasteiger partial charge in [0.1, 0.15) is 5.76 Å². The topological polar surface area (TPSA) is 43.4 Å². The number of fused-ring (bicyclic) bond motifs is 1. The summed E-state index contributed by atoms with van der Waals surface area (Å²) < 4.78 is 13.5. The standard InChI is InChI=1S/C20H29N3O2/c1-2-24-15-18-12-22(14-19-8-5-9-25-19)11-17-13-23(21-20(17)18)10-16-6-3-4-7-16/h5,8-9,13,16,18H,2-4,6-7,10-12,14-15H2,1H3/t18-/m1/s1. The predicted octanol–water partition coefficient (Wildman–Crippen LogP) is 3.80. The van der Waals surface area contributed by atoms with Gasteiger partial charge in [0, 0.05) is 43.9 Å². The summed E-state index contributed by atoms with van der Waals surface area (Å²) in [7, 11) is 0. The number of nitrogens with zero attached hydrogens (tertiary/aromatic N) is 3. The van der Waals surface area contributed by atoms with E-state index in [0.717, 1.165) is 51.1 Å². The summed E-state index contributed by atoms with van der Waals surface area (Å²) in [4.78, 5) is 2.45. The molecular weight excluding hydrogens is 314 g/mol. The van der Waals surface area contributed by atoms with Crippen LogP contribution in [0.2, 0.25) is 0 Å². The van der Waals surface area contributed by atoms with E-state index in [2.05, 4.69) is 28.8 Å². The molecule has 1 saturated carbocycles. The molecule has 4 rings (SSSR count). The fourth-order valence-electron chi connectivity index (χ4n) is 4.33. The molecule has 0 bridgehead atoms. The van der Waals surface area contributed by atoms with Gasteiger partial charge in [-0.25, -0.2) is 0 Å². The van der Waals surface area contributed by atoms with E-state index >= 15 is 0 Å². The third-order valence-electron chi connectivity index (χ3n) is 5.53. The zero-order valence-corrected chi connectivity index (χ0v) is 15.2. The molecule has 0 spiro atoms. The number of furan rings is 1. The lowest BCUT2D eigenvalue weighted by Gasteiger charge is -2.31. The van der Waals surface area contributed by atoms with Crippen LogP contribution in [0, 0.1) is 5.92 Å². The Bertz CT molecular complexity index is 659. The fourth-order valence-corrected chi connectivity index (χ4v) is 4.33. The zero-order chi connectivity index (χ0) is 17.1. The van der Waals surface area contributed by atoms with E-state index in [0.29, 0.717) is 5.92 Å². The number of hydrogen-bond donors (Lipinski definition) is 0. The molecule has 25 heavy (non-hydrogen) atoms. The maximum atomic E-state index is 5.76. The molecule has 2 aromatic heterocycles. The lowest BCUT2D eigenvalue weighted by atomic mass is 9.97. The molecule has 0 N–H and O–H groups in total. The molecule has 2 aliphatic rings. The summed E-state index contributed by atoms with van der Waals surface area (Å²) >= 11 is 0. The van der Waals surface area contributed by atoms with Gasteiger partial charge < -0.3 is 9.15 Å². The molecule has 0 unspecified atom stereocenters. The van der Waals surface area contributed by atoms with E-state index < -0.39 is 0 Å². The van der Waals surface area contributed by atoms with Crippen molar-refractivity contribution in [3.05, 3.63) is 41.6 Å². The van der Waals surface area contributed by atoms with Crippen LogP contribution in [-0.2, 0) is 24.4 Å². The maximum absolute atomic E-state index is 5.76. The van der Waals surface area contributed by atoms with Crippen molar-refractivity contribution in [2.24, 2.45) is 5.92 Å². The van der Waals surface area contributed by atoms with Crippen molar-refractivity contribution in [1.82, 2.24) is 14.7 Å². The van der Waals surface area contributed by atoms with E-state index in [1.165, 1.54) is 36.9 Å². The first-order chi connectivity index (χ1) is 12.3. The van der Waals surface area contributed by atoms with Gasteiger partial charge in [0.25, 0.3) is 0 Å². The predicted molar refractivity (Wildman–Crippen MR) is 96.2 cm³/mol. The van der Waals surface area contributed by atoms with Crippen molar-refractivity contribution in [1.29, 1.82) is 0 Å². The van der Waals surface area contributed by atoms with Crippen LogP contribution in [0.3, 0.4) is 0 Å². The highest BCUT2D eigenvalue weighted by Gasteiger charge is 2.29. The number of aromatic nitrogens is 2. The van der Waals surface area contributed by atoms with Crippen LogP contribution >= 0.6 is 0 Å². The molecule has 0 saturated heterocycles. The second kappa shape index (κ2) is 7.75. The Morgan fingerprint density at radius 2 is 2.20 bits per heavy atom. The quantitative estimate of drug-likeness (QED) is 0.767. The molecule has 136 valence electrons. The summed E-state index contributed by atoms with van der Waals surface area (Å²) in [5.41, 5.74) is 2.61. The van der Waals surface area contributed by atoms with Crippen LogP contribution in [0.5, 0.6) is 0 Å². The van der Waals surface area contributed by atoms with Gasteiger partial charge in [-0.2, -0.15) is 5.10 Å². The minimum atomic E-state index is 0.350. The maximum Gasteiger partial charge on any atom is 0.117 e. The lowest BCUT2D eigenvalue weighted by molar-refractivity contribution is 0.101. The Labute approximate surface area is 149 Å². The van der Waals surface area contributed by atoms with Crippen LogP contribution in [0.15, 0.2) is 29.0 Å². The molecule has 0 radical (unpaired) electrons. The van der Waals surface area contributed by atoms with Gasteiger partial charge in [-0.3, -0.25) is 9.58 Å². The molecule has 0 aromatic carbocycles. The van der Waals surface area contributed by atoms with Crippen LogP contribution in [0.1, 0.15) is 55.5 Å². The first-order valence-electron chi connectivity index (χ1n) is 9.70. The number of hydrogen-bond acceptors (Lipinski definition) is 4. The highest BCUT2D eigenvalue weighted by molar-refractivity contribution is 5.25. The number of ether oxygens (including phenoxy) is 1. The normalized spacial score (nSPS) is 21.7. The molecular formula is C20H29N3O2. The lowest BCUT2D eigenvalue weighted by Crippen LogP contribution is -2.34. The van der Waals surface area contributed by atoms with Crippen molar-refractivity contribution >= 4 is 0 Å². The molecule has 1 aliphatic carbocycles. The second-order valence-electron chi connectivity index (χ2n) is 7.52. The smallest absolute Gasteiger partial charge is 0.117 e. The summed E-state index contributed by atoms with van der Waals surface area (Å²) in [6.07, 6.45) is 9.52. The largest absolute Gasteiger partial charge is 0.468 e. The molecule has 2 aromatic rings. The van der Waals surface area contributed by atoms with Crippen molar-refractivity contribution in [3.63, 3.8) is 0 Å². The SMILES string of the molecule is CCOC[C@H]1CN(Cc2ccco2)Cc2cn(CC3CCCC3)nc21. The molecule has 1 fully saturated rings. The minimum Gasteiger partial charge on any atom is -0.468 e. The highest BCUT2D eigenvalue weighted by atomic mass is 16.5. The van der Waals surface area contributed by atoms with Crippen molar-refractivity contribution < 1.29 is 9.15 Å². The molecule has 5 nitrogen and oxygen atoms in total. The van der Waals surface area contributed by atoms with E-state index in [4.69, 9.17) is 14.3 Å². The minimum absolute atomic E-state index is 0.350. The van der Waals surface area contributed by atoms with Gasteiger partial charge in [0.05, 0.1) is 25.1 Å². The molecule has 1 atom stereocenters. The summed E-state index contributed by atoms with van der Waals surface area (Å²) in [5.74, 6) is 2.19. The van der Waals surface area contributed by atoms with E-state index in [1.54, 1.807) is 6.26 Å². The van der Waals surface area contributed by atoms with Crippen LogP contribution in [0.25, 0.3) is 0 Å². The summed E-state index contributed by atoms with van der Waals surface area (Å²) in [6, 6.07) is 4.01. The van der Waals surface area contributed by atoms with Gasteiger partial charge in [0.15, 0.2) is 0 Å². The third kappa shape index (κ3) is 3.98. The Morgan fingerprint density at radius 1 is 1.32 bits per heavy atom. The Balaban J connectivity index is 1.50. The Morgan fingerprint density at radius 3 is 2.96 bits per heavy atom. The van der Waals surface area contributed by atoms with E-state index in [-0.39, 0.29) is 0 Å². The monoisotopic (exact) mass is 343 g/mol. The fraction of sp³-hybridized carbons (Fsp3) is 0.650. The highest BCUT2D eigenvalue weighted by Crippen LogP contribution is 2.31. The summed E-state index contributed by atoms with van der Waals surface area (Å²) in [6.45, 7) is 7.42. The third-order valence-corrected chi connectivity index (χ3v) is 5.53. The van der Waals surface area contributed by atoms with E-state index in [1.807, 2.05) is 6.07 Å². The zero-order valence-electron chi connectivity index (χ0n) is 15.2. The Hall–Kier alpha value is -1.59. The van der Waals surface area contributed by atoms with Gasteiger partial charge in [-0.15, -0.1) is 0 Å². The summed E-state index contributed by atoms with van der Waals surface area (Å²) in [5, 5.41) is 4.97. The average Bonchev–Trinajstić information content (AvgIpc) is 3.34. The molecule has 1 aliphatic heterocycles.